The van der Waals surface area contributed by atoms with Crippen LogP contribution in [0.25, 0.3) is 0 Å². The number of aryl methyl sites for hydroxylation is 1. The Morgan fingerprint density at radius 1 is 1.32 bits per heavy atom. The lowest BCUT2D eigenvalue weighted by atomic mass is 9.98. The van der Waals surface area contributed by atoms with E-state index < -0.39 is 0 Å². The normalized spacial score (nSPS) is 16.1. The van der Waals surface area contributed by atoms with Crippen LogP contribution in [0.4, 0.5) is 0 Å². The number of hydrogen-bond donors (Lipinski definition) is 0. The van der Waals surface area contributed by atoms with Gasteiger partial charge in [0.1, 0.15) is 11.9 Å². The number of halogens is 1. The minimum atomic E-state index is -0.291. The van der Waals surface area contributed by atoms with Crippen molar-refractivity contribution in [3.05, 3.63) is 28.8 Å². The molecule has 0 bridgehead atoms. The summed E-state index contributed by atoms with van der Waals surface area (Å²) in [6.07, 6.45) is 5.58. The summed E-state index contributed by atoms with van der Waals surface area (Å²) in [5.41, 5.74) is 0.915. The Balaban J connectivity index is 1.79. The molecule has 0 saturated heterocycles. The van der Waals surface area contributed by atoms with Gasteiger partial charge in [-0.15, -0.1) is 0 Å². The summed E-state index contributed by atoms with van der Waals surface area (Å²) in [7, 11) is 0. The zero-order valence-electron chi connectivity index (χ0n) is 11.2. The topological polar surface area (TPSA) is 35.5 Å². The molecule has 1 fully saturated rings. The molecule has 1 aliphatic carbocycles. The molecule has 0 aliphatic heterocycles. The second-order valence-corrected chi connectivity index (χ2v) is 5.38. The molecule has 0 amide bonds. The first-order valence-electron chi connectivity index (χ1n) is 6.73. The highest BCUT2D eigenvalue weighted by molar-refractivity contribution is 6.30. The van der Waals surface area contributed by atoms with Crippen LogP contribution in [0.1, 0.15) is 37.7 Å². The molecule has 0 N–H and O–H groups in total. The van der Waals surface area contributed by atoms with Crippen LogP contribution >= 0.6 is 11.6 Å². The Labute approximate surface area is 118 Å². The summed E-state index contributed by atoms with van der Waals surface area (Å²) in [6.45, 7) is 1.85. The van der Waals surface area contributed by atoms with E-state index in [1.165, 1.54) is 6.42 Å². The standard InChI is InChI=1S/C15H19ClO3/c1-11-9-12(16)7-8-14(11)18-10-15(17)19-13-5-3-2-4-6-13/h7-9,13H,2-6,10H2,1H3. The van der Waals surface area contributed by atoms with Gasteiger partial charge < -0.3 is 9.47 Å². The fraction of sp³-hybridized carbons (Fsp3) is 0.533. The first-order valence-corrected chi connectivity index (χ1v) is 7.11. The third kappa shape index (κ3) is 4.43. The third-order valence-electron chi connectivity index (χ3n) is 3.33. The van der Waals surface area contributed by atoms with Crippen molar-refractivity contribution in [3.63, 3.8) is 0 Å². The van der Waals surface area contributed by atoms with Gasteiger partial charge in [0.25, 0.3) is 0 Å². The summed E-state index contributed by atoms with van der Waals surface area (Å²) in [4.78, 5) is 11.7. The minimum absolute atomic E-state index is 0.0427. The molecule has 0 radical (unpaired) electrons. The second kappa shape index (κ2) is 6.80. The van der Waals surface area contributed by atoms with Gasteiger partial charge in [0.05, 0.1) is 0 Å². The number of hydrogen-bond acceptors (Lipinski definition) is 3. The van der Waals surface area contributed by atoms with Crippen LogP contribution in [0, 0.1) is 6.92 Å². The highest BCUT2D eigenvalue weighted by Gasteiger charge is 2.18. The predicted octanol–water partition coefficient (Wildman–Crippen LogP) is 3.90. The highest BCUT2D eigenvalue weighted by atomic mass is 35.5. The lowest BCUT2D eigenvalue weighted by Crippen LogP contribution is -2.24. The number of carbonyl (C=O) groups is 1. The number of esters is 1. The number of rotatable bonds is 4. The van der Waals surface area contributed by atoms with Crippen molar-refractivity contribution >= 4 is 17.6 Å². The van der Waals surface area contributed by atoms with E-state index in [4.69, 9.17) is 21.1 Å². The molecule has 2 rings (SSSR count). The average Bonchev–Trinajstić information content (AvgIpc) is 2.39. The monoisotopic (exact) mass is 282 g/mol. The fourth-order valence-electron chi connectivity index (χ4n) is 2.31. The zero-order chi connectivity index (χ0) is 13.7. The maximum Gasteiger partial charge on any atom is 0.344 e. The van der Waals surface area contributed by atoms with E-state index >= 15 is 0 Å². The van der Waals surface area contributed by atoms with Gasteiger partial charge in [0.2, 0.25) is 0 Å². The fourth-order valence-corrected chi connectivity index (χ4v) is 2.54. The molecule has 0 spiro atoms. The van der Waals surface area contributed by atoms with E-state index in [-0.39, 0.29) is 18.7 Å². The van der Waals surface area contributed by atoms with E-state index in [1.54, 1.807) is 12.1 Å². The molecule has 0 unspecified atom stereocenters. The summed E-state index contributed by atoms with van der Waals surface area (Å²) in [6, 6.07) is 5.32. The molecule has 104 valence electrons. The van der Waals surface area contributed by atoms with Gasteiger partial charge in [-0.3, -0.25) is 0 Å². The molecule has 0 heterocycles. The van der Waals surface area contributed by atoms with Crippen molar-refractivity contribution in [1.29, 1.82) is 0 Å². The van der Waals surface area contributed by atoms with Gasteiger partial charge in [0.15, 0.2) is 6.61 Å². The SMILES string of the molecule is Cc1cc(Cl)ccc1OCC(=O)OC1CCCCC1. The summed E-state index contributed by atoms with van der Waals surface area (Å²) in [5.74, 6) is 0.381. The largest absolute Gasteiger partial charge is 0.482 e. The van der Waals surface area contributed by atoms with Crippen LogP contribution in [0.3, 0.4) is 0 Å². The van der Waals surface area contributed by atoms with Crippen LogP contribution in [0.5, 0.6) is 5.75 Å². The molecule has 1 aromatic rings. The molecule has 1 saturated carbocycles. The van der Waals surface area contributed by atoms with Gasteiger partial charge in [-0.1, -0.05) is 18.0 Å². The Kier molecular flexibility index (Phi) is 5.08. The predicted molar refractivity (Wildman–Crippen MR) is 74.6 cm³/mol. The molecule has 1 aliphatic rings. The molecular weight excluding hydrogens is 264 g/mol. The van der Waals surface area contributed by atoms with Gasteiger partial charge in [-0.2, -0.15) is 0 Å². The van der Waals surface area contributed by atoms with Crippen molar-refractivity contribution < 1.29 is 14.3 Å². The number of ether oxygens (including phenoxy) is 2. The van der Waals surface area contributed by atoms with Crippen LogP contribution in [0.15, 0.2) is 18.2 Å². The summed E-state index contributed by atoms with van der Waals surface area (Å²) >= 11 is 5.86. The van der Waals surface area contributed by atoms with Crippen molar-refractivity contribution in [3.8, 4) is 5.75 Å². The molecule has 4 heteroatoms. The van der Waals surface area contributed by atoms with Crippen molar-refractivity contribution in [1.82, 2.24) is 0 Å². The van der Waals surface area contributed by atoms with Crippen molar-refractivity contribution in [2.45, 2.75) is 45.1 Å². The highest BCUT2D eigenvalue weighted by Crippen LogP contribution is 2.23. The molecule has 19 heavy (non-hydrogen) atoms. The van der Waals surface area contributed by atoms with Crippen LogP contribution in [-0.2, 0) is 9.53 Å². The Morgan fingerprint density at radius 2 is 2.05 bits per heavy atom. The first-order chi connectivity index (χ1) is 9.15. The Morgan fingerprint density at radius 3 is 2.74 bits per heavy atom. The van der Waals surface area contributed by atoms with Gasteiger partial charge in [-0.25, -0.2) is 4.79 Å². The average molecular weight is 283 g/mol. The molecule has 0 aromatic heterocycles. The van der Waals surface area contributed by atoms with E-state index in [9.17, 15) is 4.79 Å². The lowest BCUT2D eigenvalue weighted by molar-refractivity contribution is -0.152. The van der Waals surface area contributed by atoms with Gasteiger partial charge >= 0.3 is 5.97 Å². The summed E-state index contributed by atoms with van der Waals surface area (Å²) < 4.78 is 10.8. The van der Waals surface area contributed by atoms with Crippen LogP contribution in [0.2, 0.25) is 5.02 Å². The van der Waals surface area contributed by atoms with Crippen LogP contribution < -0.4 is 4.74 Å². The van der Waals surface area contributed by atoms with E-state index in [2.05, 4.69) is 0 Å². The quantitative estimate of drug-likeness (QED) is 0.786. The maximum atomic E-state index is 11.7. The van der Waals surface area contributed by atoms with Crippen molar-refractivity contribution in [2.75, 3.05) is 6.61 Å². The van der Waals surface area contributed by atoms with E-state index in [0.717, 1.165) is 31.2 Å². The molecule has 1 aromatic carbocycles. The lowest BCUT2D eigenvalue weighted by Gasteiger charge is -2.21. The first kappa shape index (κ1) is 14.2. The maximum absolute atomic E-state index is 11.7. The van der Waals surface area contributed by atoms with Gasteiger partial charge in [0, 0.05) is 5.02 Å². The smallest absolute Gasteiger partial charge is 0.344 e. The summed E-state index contributed by atoms with van der Waals surface area (Å²) in [5, 5.41) is 0.662. The Hall–Kier alpha value is -1.22. The van der Waals surface area contributed by atoms with E-state index in [0.29, 0.717) is 10.8 Å². The molecule has 3 nitrogen and oxygen atoms in total. The molecule has 0 atom stereocenters. The Bertz CT molecular complexity index is 439. The third-order valence-corrected chi connectivity index (χ3v) is 3.57. The number of benzene rings is 1. The molecular formula is C15H19ClO3. The number of carbonyl (C=O) groups excluding carboxylic acids is 1. The van der Waals surface area contributed by atoms with Crippen LogP contribution in [-0.4, -0.2) is 18.7 Å². The second-order valence-electron chi connectivity index (χ2n) is 4.95. The van der Waals surface area contributed by atoms with E-state index in [1.807, 2.05) is 13.0 Å². The van der Waals surface area contributed by atoms with Gasteiger partial charge in [-0.05, 0) is 56.4 Å². The van der Waals surface area contributed by atoms with Crippen molar-refractivity contribution in [2.24, 2.45) is 0 Å². The minimum Gasteiger partial charge on any atom is -0.482 e. The zero-order valence-corrected chi connectivity index (χ0v) is 11.9.